The quantitative estimate of drug-likeness (QED) is 0.742. The van der Waals surface area contributed by atoms with Crippen LogP contribution in [-0.4, -0.2) is 60.8 Å². The van der Waals surface area contributed by atoms with Gasteiger partial charge in [-0.15, -0.1) is 0 Å². The van der Waals surface area contributed by atoms with Crippen LogP contribution in [0.2, 0.25) is 0 Å². The maximum absolute atomic E-state index is 5.93. The number of hydrogen-bond donors (Lipinski definition) is 0. The first-order valence-electron chi connectivity index (χ1n) is 10.5. The Morgan fingerprint density at radius 1 is 0.783 bits per heavy atom. The van der Waals surface area contributed by atoms with Crippen molar-refractivity contribution < 1.29 is 4.74 Å². The Balaban J connectivity index is 1.25. The van der Waals surface area contributed by atoms with Crippen LogP contribution in [0.3, 0.4) is 0 Å². The Morgan fingerprint density at radius 3 is 2.17 bits per heavy atom. The standard InChI is InChI=1S/C20H36N2O/c1-2-6-18(5-1)21-12-10-17(11-13-21)15-22(19-7-3-8-19)16-20-9-4-14-23-20/h17-20H,1-16H2/t20-/m0/s1. The summed E-state index contributed by atoms with van der Waals surface area (Å²) in [6, 6.07) is 1.82. The van der Waals surface area contributed by atoms with E-state index < -0.39 is 0 Å². The van der Waals surface area contributed by atoms with Gasteiger partial charge in [-0.05, 0) is 70.4 Å². The van der Waals surface area contributed by atoms with Crippen LogP contribution in [0.1, 0.15) is 70.6 Å². The lowest BCUT2D eigenvalue weighted by molar-refractivity contribution is 0.0205. The fourth-order valence-corrected chi connectivity index (χ4v) is 5.28. The highest BCUT2D eigenvalue weighted by atomic mass is 16.5. The monoisotopic (exact) mass is 320 g/mol. The maximum Gasteiger partial charge on any atom is 0.0702 e. The van der Waals surface area contributed by atoms with Crippen LogP contribution in [0.15, 0.2) is 0 Å². The Morgan fingerprint density at radius 2 is 1.57 bits per heavy atom. The van der Waals surface area contributed by atoms with Gasteiger partial charge >= 0.3 is 0 Å². The summed E-state index contributed by atoms with van der Waals surface area (Å²) < 4.78 is 5.93. The van der Waals surface area contributed by atoms with Crippen molar-refractivity contribution in [3.8, 4) is 0 Å². The van der Waals surface area contributed by atoms with E-state index in [1.165, 1.54) is 96.8 Å². The molecule has 0 aromatic rings. The van der Waals surface area contributed by atoms with E-state index in [0.29, 0.717) is 6.10 Å². The van der Waals surface area contributed by atoms with Gasteiger partial charge in [0.1, 0.15) is 0 Å². The van der Waals surface area contributed by atoms with Crippen molar-refractivity contribution in [2.75, 3.05) is 32.8 Å². The Kier molecular flexibility index (Phi) is 5.58. The average molecular weight is 321 g/mol. The molecule has 2 saturated carbocycles. The van der Waals surface area contributed by atoms with Gasteiger partial charge in [-0.3, -0.25) is 4.90 Å². The summed E-state index contributed by atoms with van der Waals surface area (Å²) >= 11 is 0. The molecular formula is C20H36N2O. The van der Waals surface area contributed by atoms with Gasteiger partial charge < -0.3 is 9.64 Å². The molecule has 23 heavy (non-hydrogen) atoms. The van der Waals surface area contributed by atoms with E-state index >= 15 is 0 Å². The van der Waals surface area contributed by atoms with Crippen molar-refractivity contribution in [3.63, 3.8) is 0 Å². The summed E-state index contributed by atoms with van der Waals surface area (Å²) in [4.78, 5) is 5.65. The second-order valence-corrected chi connectivity index (χ2v) is 8.59. The van der Waals surface area contributed by atoms with Crippen molar-refractivity contribution in [1.29, 1.82) is 0 Å². The molecule has 0 spiro atoms. The molecule has 2 aliphatic heterocycles. The average Bonchev–Trinajstić information content (AvgIpc) is 3.19. The largest absolute Gasteiger partial charge is 0.377 e. The Hall–Kier alpha value is -0.120. The molecule has 132 valence electrons. The smallest absolute Gasteiger partial charge is 0.0702 e. The highest BCUT2D eigenvalue weighted by Crippen LogP contribution is 2.31. The van der Waals surface area contributed by atoms with Crippen LogP contribution in [0.4, 0.5) is 0 Å². The van der Waals surface area contributed by atoms with Crippen LogP contribution >= 0.6 is 0 Å². The van der Waals surface area contributed by atoms with Gasteiger partial charge in [0.15, 0.2) is 0 Å². The number of likely N-dealkylation sites (tertiary alicyclic amines) is 1. The molecular weight excluding hydrogens is 284 g/mol. The molecule has 0 unspecified atom stereocenters. The summed E-state index contributed by atoms with van der Waals surface area (Å²) in [6.07, 6.45) is 16.2. The van der Waals surface area contributed by atoms with Crippen LogP contribution in [-0.2, 0) is 4.74 Å². The SMILES string of the molecule is C1CCC(N2CCC(CN(C[C@@H]3CCCO3)C3CCC3)CC2)C1. The lowest BCUT2D eigenvalue weighted by atomic mass is 9.88. The Bertz CT molecular complexity index is 351. The van der Waals surface area contributed by atoms with Gasteiger partial charge in [0.2, 0.25) is 0 Å². The van der Waals surface area contributed by atoms with Crippen molar-refractivity contribution in [2.24, 2.45) is 5.92 Å². The molecule has 0 radical (unpaired) electrons. The summed E-state index contributed by atoms with van der Waals surface area (Å²) in [7, 11) is 0. The van der Waals surface area contributed by atoms with Crippen molar-refractivity contribution in [3.05, 3.63) is 0 Å². The molecule has 3 nitrogen and oxygen atoms in total. The minimum atomic E-state index is 0.536. The summed E-state index contributed by atoms with van der Waals surface area (Å²) in [5, 5.41) is 0. The van der Waals surface area contributed by atoms with E-state index in [9.17, 15) is 0 Å². The van der Waals surface area contributed by atoms with Gasteiger partial charge in [0.25, 0.3) is 0 Å². The molecule has 0 bridgehead atoms. The molecule has 0 aromatic carbocycles. The molecule has 4 aliphatic rings. The second-order valence-electron chi connectivity index (χ2n) is 8.59. The molecule has 0 N–H and O–H groups in total. The predicted molar refractivity (Wildman–Crippen MR) is 94.7 cm³/mol. The molecule has 3 heteroatoms. The van der Waals surface area contributed by atoms with E-state index in [2.05, 4.69) is 9.80 Å². The molecule has 2 heterocycles. The molecule has 2 aliphatic carbocycles. The lowest BCUT2D eigenvalue weighted by Crippen LogP contribution is -2.48. The highest BCUT2D eigenvalue weighted by molar-refractivity contribution is 4.87. The first-order chi connectivity index (χ1) is 11.4. The lowest BCUT2D eigenvalue weighted by Gasteiger charge is -2.43. The van der Waals surface area contributed by atoms with E-state index in [0.717, 1.165) is 24.6 Å². The van der Waals surface area contributed by atoms with Crippen LogP contribution in [0.25, 0.3) is 0 Å². The second kappa shape index (κ2) is 7.84. The van der Waals surface area contributed by atoms with Crippen LogP contribution in [0, 0.1) is 5.92 Å². The normalized spacial score (nSPS) is 32.0. The van der Waals surface area contributed by atoms with Gasteiger partial charge in [-0.2, -0.15) is 0 Å². The van der Waals surface area contributed by atoms with E-state index in [4.69, 9.17) is 4.74 Å². The van der Waals surface area contributed by atoms with Gasteiger partial charge in [-0.25, -0.2) is 0 Å². The summed E-state index contributed by atoms with van der Waals surface area (Å²) in [5.41, 5.74) is 0. The number of rotatable bonds is 6. The Labute approximate surface area is 142 Å². The number of piperidine rings is 1. The van der Waals surface area contributed by atoms with Gasteiger partial charge in [-0.1, -0.05) is 19.3 Å². The van der Waals surface area contributed by atoms with E-state index in [1.807, 2.05) is 0 Å². The zero-order valence-corrected chi connectivity index (χ0v) is 14.9. The summed E-state index contributed by atoms with van der Waals surface area (Å²) in [5.74, 6) is 0.939. The van der Waals surface area contributed by atoms with Gasteiger partial charge in [0.05, 0.1) is 6.10 Å². The highest BCUT2D eigenvalue weighted by Gasteiger charge is 2.32. The molecule has 2 saturated heterocycles. The maximum atomic E-state index is 5.93. The minimum absolute atomic E-state index is 0.536. The van der Waals surface area contributed by atoms with Crippen molar-refractivity contribution >= 4 is 0 Å². The van der Waals surface area contributed by atoms with Crippen molar-refractivity contribution in [2.45, 2.75) is 88.8 Å². The predicted octanol–water partition coefficient (Wildman–Crippen LogP) is 3.67. The third kappa shape index (κ3) is 4.11. The van der Waals surface area contributed by atoms with Crippen LogP contribution < -0.4 is 0 Å². The summed E-state index contributed by atoms with van der Waals surface area (Å²) in [6.45, 7) is 6.31. The molecule has 0 aromatic heterocycles. The minimum Gasteiger partial charge on any atom is -0.377 e. The number of nitrogens with zero attached hydrogens (tertiary/aromatic N) is 2. The zero-order chi connectivity index (χ0) is 15.5. The fraction of sp³-hybridized carbons (Fsp3) is 1.00. The molecule has 4 fully saturated rings. The molecule has 1 atom stereocenters. The first kappa shape index (κ1) is 16.4. The zero-order valence-electron chi connectivity index (χ0n) is 14.9. The van der Waals surface area contributed by atoms with Crippen molar-refractivity contribution in [1.82, 2.24) is 9.80 Å². The third-order valence-corrected chi connectivity index (χ3v) is 7.04. The molecule has 0 amide bonds. The van der Waals surface area contributed by atoms with E-state index in [-0.39, 0.29) is 0 Å². The first-order valence-corrected chi connectivity index (χ1v) is 10.5. The van der Waals surface area contributed by atoms with Crippen LogP contribution in [0.5, 0.6) is 0 Å². The number of hydrogen-bond acceptors (Lipinski definition) is 3. The molecule has 4 rings (SSSR count). The third-order valence-electron chi connectivity index (χ3n) is 7.04. The number of ether oxygens (including phenoxy) is 1. The topological polar surface area (TPSA) is 15.7 Å². The van der Waals surface area contributed by atoms with E-state index in [1.54, 1.807) is 0 Å². The fourth-order valence-electron chi connectivity index (χ4n) is 5.28. The van der Waals surface area contributed by atoms with Gasteiger partial charge in [0, 0.05) is 31.8 Å².